The van der Waals surface area contributed by atoms with Crippen LogP contribution in [0.4, 0.5) is 11.4 Å². The van der Waals surface area contributed by atoms with E-state index in [0.717, 1.165) is 12.1 Å². The molecule has 0 aliphatic rings. The average Bonchev–Trinajstić information content (AvgIpc) is 2.41. The molecule has 0 spiro atoms. The topological polar surface area (TPSA) is 72.2 Å². The number of rotatable bonds is 3. The van der Waals surface area contributed by atoms with Crippen molar-refractivity contribution < 1.29 is 9.72 Å². The van der Waals surface area contributed by atoms with Crippen molar-refractivity contribution in [1.29, 1.82) is 0 Å². The van der Waals surface area contributed by atoms with Crippen LogP contribution >= 0.6 is 34.8 Å². The van der Waals surface area contributed by atoms with Crippen LogP contribution in [0.15, 0.2) is 36.4 Å². The SMILES string of the molecule is O=C(Nc1cccc(Cl)c1)c1cc([N+](=O)[O-])cc(Cl)c1Cl. The highest BCUT2D eigenvalue weighted by atomic mass is 35.5. The number of nitro benzene ring substituents is 1. The first-order valence-electron chi connectivity index (χ1n) is 5.59. The number of hydrogen-bond donors (Lipinski definition) is 1. The molecule has 0 aliphatic carbocycles. The van der Waals surface area contributed by atoms with Crippen molar-refractivity contribution in [1.82, 2.24) is 0 Å². The van der Waals surface area contributed by atoms with E-state index in [1.54, 1.807) is 18.2 Å². The summed E-state index contributed by atoms with van der Waals surface area (Å²) in [6.07, 6.45) is 0. The van der Waals surface area contributed by atoms with Crippen molar-refractivity contribution >= 4 is 52.1 Å². The van der Waals surface area contributed by atoms with Gasteiger partial charge in [0.05, 0.1) is 20.5 Å². The number of halogens is 3. The third-order valence-electron chi connectivity index (χ3n) is 2.55. The lowest BCUT2D eigenvalue weighted by molar-refractivity contribution is -0.384. The average molecular weight is 346 g/mol. The molecule has 0 aromatic heterocycles. The Labute approximate surface area is 134 Å². The molecule has 0 heterocycles. The zero-order chi connectivity index (χ0) is 15.6. The minimum Gasteiger partial charge on any atom is -0.322 e. The van der Waals surface area contributed by atoms with Crippen LogP contribution in [0.3, 0.4) is 0 Å². The first-order chi connectivity index (χ1) is 9.88. The first-order valence-corrected chi connectivity index (χ1v) is 6.72. The summed E-state index contributed by atoms with van der Waals surface area (Å²) in [5, 5.41) is 13.7. The summed E-state index contributed by atoms with van der Waals surface area (Å²) in [7, 11) is 0. The molecule has 0 unspecified atom stereocenters. The van der Waals surface area contributed by atoms with Gasteiger partial charge in [0.15, 0.2) is 0 Å². The molecule has 5 nitrogen and oxygen atoms in total. The molecule has 0 fully saturated rings. The quantitative estimate of drug-likeness (QED) is 0.641. The number of benzene rings is 2. The van der Waals surface area contributed by atoms with Crippen molar-refractivity contribution in [2.24, 2.45) is 0 Å². The number of carbonyl (C=O) groups excluding carboxylic acids is 1. The standard InChI is InChI=1S/C13H7Cl3N2O3/c14-7-2-1-3-8(4-7)17-13(19)10-5-9(18(20)21)6-11(15)12(10)16/h1-6H,(H,17,19). The van der Waals surface area contributed by atoms with Crippen molar-refractivity contribution in [3.63, 3.8) is 0 Å². The molecule has 0 aliphatic heterocycles. The molecule has 0 saturated heterocycles. The van der Waals surface area contributed by atoms with Crippen LogP contribution in [0.2, 0.25) is 15.1 Å². The van der Waals surface area contributed by atoms with Gasteiger partial charge in [-0.3, -0.25) is 14.9 Å². The number of nitrogens with zero attached hydrogens (tertiary/aromatic N) is 1. The lowest BCUT2D eigenvalue weighted by Gasteiger charge is -2.08. The van der Waals surface area contributed by atoms with Crippen LogP contribution in [0, 0.1) is 10.1 Å². The van der Waals surface area contributed by atoms with Crippen molar-refractivity contribution in [2.75, 3.05) is 5.32 Å². The fourth-order valence-corrected chi connectivity index (χ4v) is 2.21. The van der Waals surface area contributed by atoms with Crippen LogP contribution < -0.4 is 5.32 Å². The molecule has 0 saturated carbocycles. The number of carbonyl (C=O) groups is 1. The number of anilines is 1. The number of amides is 1. The molecule has 0 bridgehead atoms. The van der Waals surface area contributed by atoms with Crippen LogP contribution in [0.25, 0.3) is 0 Å². The predicted octanol–water partition coefficient (Wildman–Crippen LogP) is 4.81. The molecule has 8 heteroatoms. The van der Waals surface area contributed by atoms with E-state index in [2.05, 4.69) is 5.32 Å². The van der Waals surface area contributed by atoms with Gasteiger partial charge in [-0.15, -0.1) is 0 Å². The summed E-state index contributed by atoms with van der Waals surface area (Å²) in [4.78, 5) is 22.3. The molecule has 2 aromatic rings. The molecular weight excluding hydrogens is 339 g/mol. The largest absolute Gasteiger partial charge is 0.322 e. The molecule has 108 valence electrons. The third kappa shape index (κ3) is 3.64. The first kappa shape index (κ1) is 15.6. The molecule has 0 atom stereocenters. The predicted molar refractivity (Wildman–Crippen MR) is 82.5 cm³/mol. The highest BCUT2D eigenvalue weighted by molar-refractivity contribution is 6.44. The molecule has 2 rings (SSSR count). The Hall–Kier alpha value is -1.82. The second-order valence-corrected chi connectivity index (χ2v) is 5.23. The van der Waals surface area contributed by atoms with Gasteiger partial charge in [-0.05, 0) is 18.2 Å². The summed E-state index contributed by atoms with van der Waals surface area (Å²) in [6, 6.07) is 8.60. The molecule has 21 heavy (non-hydrogen) atoms. The van der Waals surface area contributed by atoms with E-state index in [4.69, 9.17) is 34.8 Å². The Bertz CT molecular complexity index is 735. The van der Waals surface area contributed by atoms with Gasteiger partial charge in [0, 0.05) is 22.8 Å². The van der Waals surface area contributed by atoms with Crippen molar-refractivity contribution in [2.45, 2.75) is 0 Å². The number of non-ortho nitro benzene ring substituents is 1. The van der Waals surface area contributed by atoms with E-state index in [1.807, 2.05) is 0 Å². The van der Waals surface area contributed by atoms with Gasteiger partial charge in [-0.1, -0.05) is 40.9 Å². The maximum Gasteiger partial charge on any atom is 0.271 e. The highest BCUT2D eigenvalue weighted by Gasteiger charge is 2.19. The van der Waals surface area contributed by atoms with Gasteiger partial charge < -0.3 is 5.32 Å². The van der Waals surface area contributed by atoms with Crippen LogP contribution in [-0.4, -0.2) is 10.8 Å². The number of nitro groups is 1. The van der Waals surface area contributed by atoms with Crippen LogP contribution in [0.1, 0.15) is 10.4 Å². The van der Waals surface area contributed by atoms with Gasteiger partial charge in [0.1, 0.15) is 0 Å². The Morgan fingerprint density at radius 3 is 2.48 bits per heavy atom. The van der Waals surface area contributed by atoms with E-state index in [9.17, 15) is 14.9 Å². The van der Waals surface area contributed by atoms with E-state index in [1.165, 1.54) is 6.07 Å². The van der Waals surface area contributed by atoms with Gasteiger partial charge in [0.2, 0.25) is 0 Å². The van der Waals surface area contributed by atoms with Crippen LogP contribution in [-0.2, 0) is 0 Å². The van der Waals surface area contributed by atoms with Gasteiger partial charge in [-0.25, -0.2) is 0 Å². The second-order valence-electron chi connectivity index (χ2n) is 4.01. The molecule has 1 N–H and O–H groups in total. The number of nitrogens with one attached hydrogen (secondary N) is 1. The molecule has 1 amide bonds. The van der Waals surface area contributed by atoms with E-state index in [0.29, 0.717) is 10.7 Å². The van der Waals surface area contributed by atoms with E-state index < -0.39 is 10.8 Å². The fourth-order valence-electron chi connectivity index (χ4n) is 1.61. The highest BCUT2D eigenvalue weighted by Crippen LogP contribution is 2.31. The Morgan fingerprint density at radius 1 is 1.14 bits per heavy atom. The molecule has 0 radical (unpaired) electrons. The third-order valence-corrected chi connectivity index (χ3v) is 3.59. The van der Waals surface area contributed by atoms with Crippen molar-refractivity contribution in [3.8, 4) is 0 Å². The monoisotopic (exact) mass is 344 g/mol. The zero-order valence-corrected chi connectivity index (χ0v) is 12.5. The van der Waals surface area contributed by atoms with Gasteiger partial charge in [0.25, 0.3) is 11.6 Å². The Balaban J connectivity index is 2.37. The smallest absolute Gasteiger partial charge is 0.271 e. The lowest BCUT2D eigenvalue weighted by Crippen LogP contribution is -2.13. The van der Waals surface area contributed by atoms with Gasteiger partial charge >= 0.3 is 0 Å². The summed E-state index contributed by atoms with van der Waals surface area (Å²) in [5.41, 5.74) is 0.0303. The fraction of sp³-hybridized carbons (Fsp3) is 0. The summed E-state index contributed by atoms with van der Waals surface area (Å²) >= 11 is 17.5. The normalized spacial score (nSPS) is 10.2. The molecule has 2 aromatic carbocycles. The maximum absolute atomic E-state index is 12.2. The minimum absolute atomic E-state index is 0.0539. The summed E-state index contributed by atoms with van der Waals surface area (Å²) in [5.74, 6) is -0.618. The lowest BCUT2D eigenvalue weighted by atomic mass is 10.1. The van der Waals surface area contributed by atoms with Crippen LogP contribution in [0.5, 0.6) is 0 Å². The Morgan fingerprint density at radius 2 is 1.86 bits per heavy atom. The van der Waals surface area contributed by atoms with E-state index in [-0.39, 0.29) is 21.3 Å². The van der Waals surface area contributed by atoms with Gasteiger partial charge in [-0.2, -0.15) is 0 Å². The molecular formula is C13H7Cl3N2O3. The minimum atomic E-state index is -0.654. The summed E-state index contributed by atoms with van der Waals surface area (Å²) in [6.45, 7) is 0. The number of hydrogen-bond acceptors (Lipinski definition) is 3. The maximum atomic E-state index is 12.2. The summed E-state index contributed by atoms with van der Waals surface area (Å²) < 4.78 is 0. The van der Waals surface area contributed by atoms with Crippen molar-refractivity contribution in [3.05, 3.63) is 67.1 Å². The van der Waals surface area contributed by atoms with E-state index >= 15 is 0 Å². The zero-order valence-electron chi connectivity index (χ0n) is 10.3. The second kappa shape index (κ2) is 6.30. The Kier molecular flexibility index (Phi) is 4.67.